The number of halogens is 1. The standard InChI is InChI=1S/C23H17ClN6OS/c1-15-7-2-5-11-19(15)30-21(16-8-6-12-25-13-16)27-29-23(30)32-14-20-26-28-22(31-20)17-9-3-4-10-18(17)24/h2-13H,14H2,1H3. The van der Waals surface area contributed by atoms with E-state index in [-0.39, 0.29) is 0 Å². The highest BCUT2D eigenvalue weighted by Gasteiger charge is 2.19. The van der Waals surface area contributed by atoms with Crippen LogP contribution < -0.4 is 0 Å². The quantitative estimate of drug-likeness (QED) is 0.303. The molecule has 158 valence electrons. The molecule has 0 aliphatic rings. The first kappa shape index (κ1) is 20.4. The molecule has 0 saturated heterocycles. The minimum Gasteiger partial charge on any atom is -0.420 e. The normalized spacial score (nSPS) is 11.1. The van der Waals surface area contributed by atoms with Gasteiger partial charge in [-0.05, 0) is 42.8 Å². The van der Waals surface area contributed by atoms with Crippen LogP contribution in [0.1, 0.15) is 11.5 Å². The predicted molar refractivity (Wildman–Crippen MR) is 124 cm³/mol. The van der Waals surface area contributed by atoms with Gasteiger partial charge in [0, 0.05) is 18.0 Å². The summed E-state index contributed by atoms with van der Waals surface area (Å²) in [5.74, 6) is 2.03. The summed E-state index contributed by atoms with van der Waals surface area (Å²) in [6.07, 6.45) is 3.51. The van der Waals surface area contributed by atoms with Crippen molar-refractivity contribution in [3.8, 4) is 28.5 Å². The summed E-state index contributed by atoms with van der Waals surface area (Å²) in [4.78, 5) is 4.23. The van der Waals surface area contributed by atoms with E-state index in [1.807, 2.05) is 53.1 Å². The van der Waals surface area contributed by atoms with Gasteiger partial charge >= 0.3 is 0 Å². The second kappa shape index (κ2) is 8.94. The molecule has 0 aliphatic carbocycles. The molecule has 0 bridgehead atoms. The lowest BCUT2D eigenvalue weighted by Gasteiger charge is -2.12. The zero-order chi connectivity index (χ0) is 21.9. The van der Waals surface area contributed by atoms with Crippen LogP contribution in [0.15, 0.2) is 82.6 Å². The Kier molecular flexibility index (Phi) is 5.70. The second-order valence-electron chi connectivity index (χ2n) is 6.94. The molecule has 0 unspecified atom stereocenters. The maximum atomic E-state index is 6.25. The van der Waals surface area contributed by atoms with Gasteiger partial charge in [0.1, 0.15) is 0 Å². The third-order valence-electron chi connectivity index (χ3n) is 4.81. The topological polar surface area (TPSA) is 82.5 Å². The number of hydrogen-bond acceptors (Lipinski definition) is 7. The minimum atomic E-state index is 0.391. The first-order chi connectivity index (χ1) is 15.7. The number of aromatic nitrogens is 6. The van der Waals surface area contributed by atoms with Crippen molar-refractivity contribution in [3.63, 3.8) is 0 Å². The lowest BCUT2D eigenvalue weighted by Crippen LogP contribution is -2.02. The Hall–Kier alpha value is -3.49. The number of benzene rings is 2. The lowest BCUT2D eigenvalue weighted by atomic mass is 10.2. The molecule has 32 heavy (non-hydrogen) atoms. The zero-order valence-electron chi connectivity index (χ0n) is 17.0. The van der Waals surface area contributed by atoms with Gasteiger partial charge in [0.25, 0.3) is 0 Å². The highest BCUT2D eigenvalue weighted by molar-refractivity contribution is 7.98. The van der Waals surface area contributed by atoms with Crippen LogP contribution in [0.2, 0.25) is 5.02 Å². The molecule has 0 N–H and O–H groups in total. The molecular weight excluding hydrogens is 444 g/mol. The molecular formula is C23H17ClN6OS. The van der Waals surface area contributed by atoms with Gasteiger partial charge in [-0.15, -0.1) is 20.4 Å². The molecule has 5 rings (SSSR count). The van der Waals surface area contributed by atoms with Gasteiger partial charge in [0.15, 0.2) is 11.0 Å². The molecule has 0 amide bonds. The van der Waals surface area contributed by atoms with Crippen LogP contribution in [0.25, 0.3) is 28.5 Å². The Balaban J connectivity index is 1.47. The van der Waals surface area contributed by atoms with Crippen molar-refractivity contribution in [3.05, 3.63) is 89.5 Å². The van der Waals surface area contributed by atoms with Crippen molar-refractivity contribution in [2.45, 2.75) is 17.8 Å². The first-order valence-corrected chi connectivity index (χ1v) is 11.2. The molecule has 0 aliphatic heterocycles. The third kappa shape index (κ3) is 4.02. The molecule has 0 fully saturated rings. The smallest absolute Gasteiger partial charge is 0.249 e. The van der Waals surface area contributed by atoms with Crippen molar-refractivity contribution >= 4 is 23.4 Å². The molecule has 0 atom stereocenters. The van der Waals surface area contributed by atoms with E-state index in [1.165, 1.54) is 11.8 Å². The Morgan fingerprint density at radius 2 is 1.78 bits per heavy atom. The van der Waals surface area contributed by atoms with Gasteiger partial charge < -0.3 is 4.42 Å². The van der Waals surface area contributed by atoms with E-state index >= 15 is 0 Å². The molecule has 3 heterocycles. The third-order valence-corrected chi connectivity index (χ3v) is 6.05. The fourth-order valence-electron chi connectivity index (χ4n) is 3.26. The van der Waals surface area contributed by atoms with Crippen LogP contribution >= 0.6 is 23.4 Å². The van der Waals surface area contributed by atoms with E-state index in [0.717, 1.165) is 27.8 Å². The van der Waals surface area contributed by atoms with Crippen molar-refractivity contribution < 1.29 is 4.42 Å². The zero-order valence-corrected chi connectivity index (χ0v) is 18.6. The van der Waals surface area contributed by atoms with Gasteiger partial charge in [-0.25, -0.2) is 0 Å². The van der Waals surface area contributed by atoms with Crippen LogP contribution in [0, 0.1) is 6.92 Å². The van der Waals surface area contributed by atoms with Crippen LogP contribution in [-0.2, 0) is 5.75 Å². The molecule has 3 aromatic heterocycles. The summed E-state index contributed by atoms with van der Waals surface area (Å²) in [7, 11) is 0. The first-order valence-electron chi connectivity index (χ1n) is 9.82. The number of nitrogens with zero attached hydrogens (tertiary/aromatic N) is 6. The van der Waals surface area contributed by atoms with Crippen LogP contribution in [-0.4, -0.2) is 29.9 Å². The van der Waals surface area contributed by atoms with E-state index in [4.69, 9.17) is 16.0 Å². The molecule has 0 spiro atoms. The maximum Gasteiger partial charge on any atom is 0.249 e. The number of aryl methyl sites for hydroxylation is 1. The highest BCUT2D eigenvalue weighted by atomic mass is 35.5. The Bertz CT molecular complexity index is 1370. The monoisotopic (exact) mass is 460 g/mol. The van der Waals surface area contributed by atoms with Gasteiger partial charge in [0.2, 0.25) is 11.8 Å². The number of para-hydroxylation sites is 1. The summed E-state index contributed by atoms with van der Waals surface area (Å²) in [5.41, 5.74) is 3.70. The highest BCUT2D eigenvalue weighted by Crippen LogP contribution is 2.32. The molecule has 2 aromatic carbocycles. The molecule has 0 radical (unpaired) electrons. The summed E-state index contributed by atoms with van der Waals surface area (Å²) < 4.78 is 7.87. The Morgan fingerprint density at radius 3 is 2.59 bits per heavy atom. The molecule has 0 saturated carbocycles. The van der Waals surface area contributed by atoms with E-state index in [0.29, 0.717) is 28.1 Å². The summed E-state index contributed by atoms with van der Waals surface area (Å²) in [6.45, 7) is 2.06. The van der Waals surface area contributed by atoms with E-state index in [2.05, 4.69) is 38.4 Å². The molecule has 5 aromatic rings. The van der Waals surface area contributed by atoms with Gasteiger partial charge in [0.05, 0.1) is 22.0 Å². The minimum absolute atomic E-state index is 0.391. The summed E-state index contributed by atoms with van der Waals surface area (Å²) in [5, 5.41) is 18.5. The number of rotatable bonds is 6. The fourth-order valence-corrected chi connectivity index (χ4v) is 4.26. The Morgan fingerprint density at radius 1 is 0.938 bits per heavy atom. The van der Waals surface area contributed by atoms with Gasteiger partial charge in [-0.2, -0.15) is 0 Å². The van der Waals surface area contributed by atoms with Gasteiger partial charge in [-0.1, -0.05) is 53.7 Å². The van der Waals surface area contributed by atoms with Crippen molar-refractivity contribution in [2.75, 3.05) is 0 Å². The lowest BCUT2D eigenvalue weighted by molar-refractivity contribution is 0.528. The van der Waals surface area contributed by atoms with Crippen molar-refractivity contribution in [2.24, 2.45) is 0 Å². The summed E-state index contributed by atoms with van der Waals surface area (Å²) >= 11 is 7.72. The second-order valence-corrected chi connectivity index (χ2v) is 8.29. The predicted octanol–water partition coefficient (Wildman–Crippen LogP) is 5.63. The van der Waals surface area contributed by atoms with Crippen molar-refractivity contribution in [1.82, 2.24) is 29.9 Å². The van der Waals surface area contributed by atoms with Crippen molar-refractivity contribution in [1.29, 1.82) is 0 Å². The summed E-state index contributed by atoms with van der Waals surface area (Å²) in [6, 6.07) is 19.3. The number of hydrogen-bond donors (Lipinski definition) is 0. The van der Waals surface area contributed by atoms with Crippen LogP contribution in [0.3, 0.4) is 0 Å². The molecule has 7 nitrogen and oxygen atoms in total. The molecule has 9 heteroatoms. The van der Waals surface area contributed by atoms with E-state index in [1.54, 1.807) is 18.5 Å². The maximum absolute atomic E-state index is 6.25. The Labute approximate surface area is 193 Å². The number of thioether (sulfide) groups is 1. The van der Waals surface area contributed by atoms with Crippen LogP contribution in [0.4, 0.5) is 0 Å². The average Bonchev–Trinajstić information content (AvgIpc) is 3.46. The SMILES string of the molecule is Cc1ccccc1-n1c(SCc2nnc(-c3ccccc3Cl)o2)nnc1-c1cccnc1. The average molecular weight is 461 g/mol. The van der Waals surface area contributed by atoms with Crippen LogP contribution in [0.5, 0.6) is 0 Å². The van der Waals surface area contributed by atoms with E-state index < -0.39 is 0 Å². The van der Waals surface area contributed by atoms with E-state index in [9.17, 15) is 0 Å². The largest absolute Gasteiger partial charge is 0.420 e. The fraction of sp³-hybridized carbons (Fsp3) is 0.0870. The van der Waals surface area contributed by atoms with Gasteiger partial charge in [-0.3, -0.25) is 9.55 Å². The number of pyridine rings is 1.